The van der Waals surface area contributed by atoms with Gasteiger partial charge in [0.25, 0.3) is 11.8 Å². The monoisotopic (exact) mass is 943 g/mol. The molecule has 0 saturated carbocycles. The second-order valence-corrected chi connectivity index (χ2v) is 16.5. The number of furan rings is 3. The molecule has 11 rings (SSSR count). The molecule has 0 aliphatic rings. The molecule has 8 aromatic carbocycles. The van der Waals surface area contributed by atoms with Crippen LogP contribution < -0.4 is 16.4 Å². The van der Waals surface area contributed by atoms with Crippen LogP contribution in [0.1, 0.15) is 42.2 Å². The Hall–Kier alpha value is -9.55. The van der Waals surface area contributed by atoms with Gasteiger partial charge in [-0.05, 0) is 134 Å². The topological polar surface area (TPSA) is 161 Å². The van der Waals surface area contributed by atoms with Gasteiger partial charge in [-0.3, -0.25) is 9.59 Å². The highest BCUT2D eigenvalue weighted by Crippen LogP contribution is 2.33. The maximum atomic E-state index is 13.1. The van der Waals surface area contributed by atoms with E-state index in [9.17, 15) is 28.3 Å². The van der Waals surface area contributed by atoms with Crippen LogP contribution in [-0.4, -0.2) is 22.9 Å². The molecule has 71 heavy (non-hydrogen) atoms. The summed E-state index contributed by atoms with van der Waals surface area (Å²) in [7, 11) is 0. The van der Waals surface area contributed by atoms with E-state index < -0.39 is 17.7 Å². The van der Waals surface area contributed by atoms with Gasteiger partial charge in [0.15, 0.2) is 0 Å². The fourth-order valence-electron chi connectivity index (χ4n) is 7.66. The first-order valence-electron chi connectivity index (χ1n) is 22.3. The number of fused-ring (bicyclic) bond motifs is 3. The van der Waals surface area contributed by atoms with Gasteiger partial charge in [0, 0.05) is 55.4 Å². The van der Waals surface area contributed by atoms with Crippen molar-refractivity contribution in [2.75, 3.05) is 16.4 Å². The Morgan fingerprint density at radius 2 is 0.831 bits per heavy atom. The molecule has 12 heteroatoms. The first kappa shape index (κ1) is 46.6. The number of anilines is 3. The number of nitrogen functional groups attached to an aromatic ring is 1. The van der Waals surface area contributed by atoms with Gasteiger partial charge >= 0.3 is 5.97 Å². The van der Waals surface area contributed by atoms with Crippen molar-refractivity contribution in [1.29, 1.82) is 0 Å². The van der Waals surface area contributed by atoms with Crippen LogP contribution >= 0.6 is 0 Å². The lowest BCUT2D eigenvalue weighted by atomic mass is 10.1. The normalized spacial score (nSPS) is 10.8. The second-order valence-electron chi connectivity index (χ2n) is 16.5. The van der Waals surface area contributed by atoms with Gasteiger partial charge in [-0.15, -0.1) is 0 Å². The summed E-state index contributed by atoms with van der Waals surface area (Å²) in [5.74, 6) is -0.680. The average Bonchev–Trinajstić information content (AvgIpc) is 4.14. The van der Waals surface area contributed by atoms with Crippen LogP contribution in [0.5, 0.6) is 0 Å². The van der Waals surface area contributed by atoms with Crippen LogP contribution in [0, 0.1) is 25.5 Å². The molecule has 11 aromatic rings. The van der Waals surface area contributed by atoms with Crippen molar-refractivity contribution >= 4 is 67.8 Å². The van der Waals surface area contributed by atoms with Gasteiger partial charge < -0.3 is 34.7 Å². The van der Waals surface area contributed by atoms with E-state index in [-0.39, 0.29) is 28.5 Å². The minimum Gasteiger partial charge on any atom is -0.478 e. The summed E-state index contributed by atoms with van der Waals surface area (Å²) in [5, 5.41) is 18.0. The average molecular weight is 944 g/mol. The highest BCUT2D eigenvalue weighted by Gasteiger charge is 2.17. The van der Waals surface area contributed by atoms with E-state index in [0.29, 0.717) is 28.2 Å². The molecule has 0 fully saturated rings. The Kier molecular flexibility index (Phi) is 13.3. The number of amides is 2. The number of nitrogens with two attached hydrogens (primary N) is 1. The van der Waals surface area contributed by atoms with E-state index in [4.69, 9.17) is 19.0 Å². The number of carboxylic acids is 1. The smallest absolute Gasteiger partial charge is 0.337 e. The number of para-hydroxylation sites is 3. The van der Waals surface area contributed by atoms with Crippen LogP contribution in [0.2, 0.25) is 0 Å². The molecule has 5 N–H and O–H groups in total. The molecule has 3 aromatic heterocycles. The Morgan fingerprint density at radius 3 is 1.25 bits per heavy atom. The highest BCUT2D eigenvalue weighted by molar-refractivity contribution is 6.08. The lowest BCUT2D eigenvalue weighted by molar-refractivity contribution is 0.0697. The number of carbonyl (C=O) groups excluding carboxylic acids is 2. The molecule has 0 spiro atoms. The van der Waals surface area contributed by atoms with Gasteiger partial charge in [-0.1, -0.05) is 84.9 Å². The van der Waals surface area contributed by atoms with Gasteiger partial charge in [-0.2, -0.15) is 0 Å². The molecule has 0 bridgehead atoms. The summed E-state index contributed by atoms with van der Waals surface area (Å²) in [6.07, 6.45) is 0. The minimum absolute atomic E-state index is 0.0599. The SMILES string of the molecule is Cc1ccc(-c2cc3ccccc3o2)cc1N.Cc1ccc(-c2cc3ccccc3o2)cc1NC(=O)c1ccc(F)cc1.O=C(Nc1cc(-c2cc3ccccc3o2)ccc1C(=O)O)c1ccc(F)cc1. The van der Waals surface area contributed by atoms with Crippen molar-refractivity contribution in [3.63, 3.8) is 0 Å². The zero-order chi connectivity index (χ0) is 49.6. The van der Waals surface area contributed by atoms with Gasteiger partial charge in [0.05, 0.1) is 11.3 Å². The maximum absolute atomic E-state index is 13.1. The molecule has 0 saturated heterocycles. The maximum Gasteiger partial charge on any atom is 0.337 e. The number of rotatable bonds is 8. The van der Waals surface area contributed by atoms with E-state index in [2.05, 4.69) is 10.6 Å². The van der Waals surface area contributed by atoms with E-state index >= 15 is 0 Å². The third-order valence-corrected chi connectivity index (χ3v) is 11.6. The van der Waals surface area contributed by atoms with Crippen LogP contribution in [0.15, 0.2) is 207 Å². The zero-order valence-electron chi connectivity index (χ0n) is 38.2. The largest absolute Gasteiger partial charge is 0.478 e. The van der Waals surface area contributed by atoms with Crippen LogP contribution in [0.4, 0.5) is 25.8 Å². The fourth-order valence-corrected chi connectivity index (χ4v) is 7.66. The van der Waals surface area contributed by atoms with Crippen molar-refractivity contribution in [2.24, 2.45) is 0 Å². The lowest BCUT2D eigenvalue weighted by Gasteiger charge is -2.10. The van der Waals surface area contributed by atoms with Crippen LogP contribution in [-0.2, 0) is 0 Å². The van der Waals surface area contributed by atoms with Crippen LogP contribution in [0.25, 0.3) is 66.9 Å². The Balaban J connectivity index is 0.000000136. The number of hydrogen-bond acceptors (Lipinski definition) is 7. The number of hydrogen-bond donors (Lipinski definition) is 4. The summed E-state index contributed by atoms with van der Waals surface area (Å²) >= 11 is 0. The molecule has 0 radical (unpaired) electrons. The van der Waals surface area contributed by atoms with E-state index in [1.807, 2.05) is 141 Å². The minimum atomic E-state index is -1.18. The molecule has 350 valence electrons. The number of carbonyl (C=O) groups is 3. The molecule has 0 atom stereocenters. The third-order valence-electron chi connectivity index (χ3n) is 11.6. The summed E-state index contributed by atoms with van der Waals surface area (Å²) in [5.41, 5.74) is 15.0. The van der Waals surface area contributed by atoms with E-state index in [1.165, 1.54) is 42.5 Å². The summed E-state index contributed by atoms with van der Waals surface area (Å²) in [6.45, 7) is 3.92. The molecular formula is C59H43F2N3O7. The third kappa shape index (κ3) is 10.8. The van der Waals surface area contributed by atoms with Crippen molar-refractivity contribution in [3.05, 3.63) is 234 Å². The molecule has 2 amide bonds. The predicted molar refractivity (Wildman–Crippen MR) is 275 cm³/mol. The first-order valence-corrected chi connectivity index (χ1v) is 22.3. The second kappa shape index (κ2) is 20.4. The predicted octanol–water partition coefficient (Wildman–Crippen LogP) is 15.0. The first-order chi connectivity index (χ1) is 34.3. The molecular weight excluding hydrogens is 901 g/mol. The van der Waals surface area contributed by atoms with Gasteiger partial charge in [-0.25, -0.2) is 13.6 Å². The molecule has 0 aliphatic carbocycles. The van der Waals surface area contributed by atoms with Gasteiger partial charge in [0.1, 0.15) is 45.7 Å². The lowest BCUT2D eigenvalue weighted by Crippen LogP contribution is -2.15. The summed E-state index contributed by atoms with van der Waals surface area (Å²) in [4.78, 5) is 36.4. The van der Waals surface area contributed by atoms with Crippen molar-refractivity contribution < 1.29 is 41.5 Å². The van der Waals surface area contributed by atoms with Crippen molar-refractivity contribution in [3.8, 4) is 34.0 Å². The number of nitrogens with one attached hydrogen (secondary N) is 2. The molecule has 0 aliphatic heterocycles. The quantitative estimate of drug-likeness (QED) is 0.110. The molecule has 10 nitrogen and oxygen atoms in total. The van der Waals surface area contributed by atoms with E-state index in [0.717, 1.165) is 78.9 Å². The zero-order valence-corrected chi connectivity index (χ0v) is 38.2. The number of aromatic carboxylic acids is 1. The standard InChI is InChI=1S/C22H14FNO4.C22H16FNO2.C15H13NO/c23-16-8-5-13(6-9-16)21(25)24-18-11-15(7-10-17(18)22(26)27)20-12-14-3-1-2-4-19(14)28-20;1-14-6-7-17(21-13-16-4-2-3-5-20(16)26-21)12-19(14)24-22(25)15-8-10-18(23)11-9-15;1-10-6-7-12(8-13(10)16)15-9-11-4-2-3-5-14(11)17-15/h1-12H,(H,24,25)(H,26,27);2-13H,1H3,(H,24,25);2-9H,16H2,1H3. The number of aryl methyl sites for hydroxylation is 2. The summed E-state index contributed by atoms with van der Waals surface area (Å²) in [6, 6.07) is 55.9. The fraction of sp³-hybridized carbons (Fsp3) is 0.0339. The summed E-state index contributed by atoms with van der Waals surface area (Å²) < 4.78 is 43.6. The van der Waals surface area contributed by atoms with E-state index in [1.54, 1.807) is 12.1 Å². The number of benzene rings is 8. The van der Waals surface area contributed by atoms with Crippen molar-refractivity contribution in [1.82, 2.24) is 0 Å². The molecule has 3 heterocycles. The Labute approximate surface area is 405 Å². The number of halogens is 2. The van der Waals surface area contributed by atoms with Crippen molar-refractivity contribution in [2.45, 2.75) is 13.8 Å². The van der Waals surface area contributed by atoms with Gasteiger partial charge in [0.2, 0.25) is 0 Å². The number of carboxylic acid groups (broad SMARTS) is 1. The van der Waals surface area contributed by atoms with Crippen LogP contribution in [0.3, 0.4) is 0 Å². The highest BCUT2D eigenvalue weighted by atomic mass is 19.1. The Bertz CT molecular complexity index is 3640. The molecule has 0 unspecified atom stereocenters. The Morgan fingerprint density at radius 1 is 0.451 bits per heavy atom.